The Labute approximate surface area is 178 Å². The summed E-state index contributed by atoms with van der Waals surface area (Å²) < 4.78 is 17.7. The first-order valence-electron chi connectivity index (χ1n) is 10.0. The number of benzene rings is 2. The number of aromatic nitrogens is 3. The summed E-state index contributed by atoms with van der Waals surface area (Å²) in [6, 6.07) is 17.9. The molecule has 1 amide bonds. The Balaban J connectivity index is 1.63. The molecule has 0 unspecified atom stereocenters. The van der Waals surface area contributed by atoms with Crippen LogP contribution in [0.2, 0.25) is 0 Å². The molecule has 5 nitrogen and oxygen atoms in total. The Kier molecular flexibility index (Phi) is 4.36. The van der Waals surface area contributed by atoms with Gasteiger partial charge in [0.05, 0.1) is 5.52 Å². The van der Waals surface area contributed by atoms with Gasteiger partial charge in [-0.05, 0) is 80.1 Å². The van der Waals surface area contributed by atoms with Crippen molar-refractivity contribution < 1.29 is 9.18 Å². The molecule has 5 aromatic rings. The first kappa shape index (κ1) is 19.1. The van der Waals surface area contributed by atoms with Crippen LogP contribution in [0.4, 0.5) is 10.1 Å². The summed E-state index contributed by atoms with van der Waals surface area (Å²) in [4.78, 5) is 17.9. The van der Waals surface area contributed by atoms with Crippen molar-refractivity contribution >= 4 is 33.4 Å². The van der Waals surface area contributed by atoms with Crippen LogP contribution in [0.3, 0.4) is 0 Å². The second-order valence-electron chi connectivity index (χ2n) is 7.87. The number of halogens is 1. The first-order chi connectivity index (χ1) is 14.9. The number of aryl methyl sites for hydroxylation is 3. The predicted octanol–water partition coefficient (Wildman–Crippen LogP) is 5.53. The van der Waals surface area contributed by atoms with E-state index >= 15 is 0 Å². The van der Waals surface area contributed by atoms with Crippen LogP contribution in [0.1, 0.15) is 21.7 Å². The van der Waals surface area contributed by atoms with Gasteiger partial charge in [0.1, 0.15) is 17.3 Å². The summed E-state index contributed by atoms with van der Waals surface area (Å²) in [5.41, 5.74) is 4.78. The lowest BCUT2D eigenvalue weighted by Crippen LogP contribution is -2.17. The molecule has 6 heteroatoms. The highest BCUT2D eigenvalue weighted by atomic mass is 19.1. The third-order valence-corrected chi connectivity index (χ3v) is 5.45. The standard InChI is InChI=1S/C25H21FN4O/c1-15-10-16(2)27-24(11-15)30-22-6-4-19(26)12-18(22)14-23(30)25(31)28-20-5-7-21-17(13-20)8-9-29(21)3/h4-14H,1-3H3,(H,28,31). The highest BCUT2D eigenvalue weighted by molar-refractivity contribution is 6.07. The quantitative estimate of drug-likeness (QED) is 0.424. The fourth-order valence-electron chi connectivity index (χ4n) is 4.09. The molecule has 0 aliphatic rings. The zero-order valence-corrected chi connectivity index (χ0v) is 17.5. The number of amides is 1. The average molecular weight is 412 g/mol. The minimum Gasteiger partial charge on any atom is -0.351 e. The Bertz CT molecular complexity index is 1460. The van der Waals surface area contributed by atoms with E-state index in [0.717, 1.165) is 27.7 Å². The largest absolute Gasteiger partial charge is 0.351 e. The van der Waals surface area contributed by atoms with E-state index in [1.54, 1.807) is 16.7 Å². The van der Waals surface area contributed by atoms with E-state index in [0.29, 0.717) is 22.6 Å². The van der Waals surface area contributed by atoms with Gasteiger partial charge >= 0.3 is 0 Å². The van der Waals surface area contributed by atoms with Crippen molar-refractivity contribution in [2.75, 3.05) is 5.32 Å². The number of nitrogens with one attached hydrogen (secondary N) is 1. The van der Waals surface area contributed by atoms with E-state index in [-0.39, 0.29) is 11.7 Å². The summed E-state index contributed by atoms with van der Waals surface area (Å²) in [6.45, 7) is 3.90. The molecule has 2 aromatic carbocycles. The fourth-order valence-corrected chi connectivity index (χ4v) is 4.09. The molecule has 0 fully saturated rings. The Morgan fingerprint density at radius 3 is 2.55 bits per heavy atom. The number of rotatable bonds is 3. The average Bonchev–Trinajstić information content (AvgIpc) is 3.27. The van der Waals surface area contributed by atoms with E-state index < -0.39 is 0 Å². The maximum Gasteiger partial charge on any atom is 0.272 e. The highest BCUT2D eigenvalue weighted by Crippen LogP contribution is 2.27. The molecular weight excluding hydrogens is 391 g/mol. The van der Waals surface area contributed by atoms with Gasteiger partial charge in [-0.3, -0.25) is 9.36 Å². The summed E-state index contributed by atoms with van der Waals surface area (Å²) in [5.74, 6) is -0.00450. The van der Waals surface area contributed by atoms with Crippen LogP contribution in [0.25, 0.3) is 27.6 Å². The van der Waals surface area contributed by atoms with Crippen molar-refractivity contribution in [3.8, 4) is 5.82 Å². The van der Waals surface area contributed by atoms with Crippen LogP contribution in [-0.2, 0) is 7.05 Å². The van der Waals surface area contributed by atoms with Crippen molar-refractivity contribution in [2.45, 2.75) is 13.8 Å². The zero-order chi connectivity index (χ0) is 21.7. The molecule has 0 atom stereocenters. The maximum atomic E-state index is 13.9. The third-order valence-electron chi connectivity index (χ3n) is 5.45. The van der Waals surface area contributed by atoms with Gasteiger partial charge < -0.3 is 9.88 Å². The van der Waals surface area contributed by atoms with Gasteiger partial charge in [0.2, 0.25) is 0 Å². The van der Waals surface area contributed by atoms with Gasteiger partial charge in [0.25, 0.3) is 5.91 Å². The zero-order valence-electron chi connectivity index (χ0n) is 17.5. The van der Waals surface area contributed by atoms with Crippen LogP contribution in [0.5, 0.6) is 0 Å². The smallest absolute Gasteiger partial charge is 0.272 e. The predicted molar refractivity (Wildman–Crippen MR) is 121 cm³/mol. The number of carbonyl (C=O) groups excluding carboxylic acids is 1. The van der Waals surface area contributed by atoms with Crippen LogP contribution < -0.4 is 5.32 Å². The van der Waals surface area contributed by atoms with Gasteiger partial charge in [-0.15, -0.1) is 0 Å². The number of nitrogens with zero attached hydrogens (tertiary/aromatic N) is 3. The molecular formula is C25H21FN4O. The number of pyridine rings is 1. The molecule has 31 heavy (non-hydrogen) atoms. The SMILES string of the molecule is Cc1cc(C)nc(-n2c(C(=O)Nc3ccc4c(ccn4C)c3)cc3cc(F)ccc32)c1. The summed E-state index contributed by atoms with van der Waals surface area (Å²) in [5, 5.41) is 4.67. The molecule has 0 saturated carbocycles. The van der Waals surface area contributed by atoms with Gasteiger partial charge in [0.15, 0.2) is 0 Å². The lowest BCUT2D eigenvalue weighted by Gasteiger charge is -2.12. The van der Waals surface area contributed by atoms with Crippen LogP contribution in [0, 0.1) is 19.7 Å². The second kappa shape index (κ2) is 7.09. The number of anilines is 1. The van der Waals surface area contributed by atoms with E-state index in [9.17, 15) is 9.18 Å². The van der Waals surface area contributed by atoms with Crippen molar-refractivity contribution in [1.82, 2.24) is 14.1 Å². The van der Waals surface area contributed by atoms with Gasteiger partial charge in [-0.2, -0.15) is 0 Å². The van der Waals surface area contributed by atoms with E-state index in [1.165, 1.54) is 12.1 Å². The minimum absolute atomic E-state index is 0.284. The summed E-state index contributed by atoms with van der Waals surface area (Å²) >= 11 is 0. The number of fused-ring (bicyclic) bond motifs is 2. The monoisotopic (exact) mass is 412 g/mol. The summed E-state index contributed by atoms with van der Waals surface area (Å²) in [7, 11) is 1.98. The molecule has 0 spiro atoms. The molecule has 154 valence electrons. The van der Waals surface area contributed by atoms with Crippen LogP contribution >= 0.6 is 0 Å². The lowest BCUT2D eigenvalue weighted by molar-refractivity contribution is 0.102. The molecule has 3 heterocycles. The van der Waals surface area contributed by atoms with Gasteiger partial charge in [-0.1, -0.05) is 0 Å². The Morgan fingerprint density at radius 2 is 1.74 bits per heavy atom. The summed E-state index contributed by atoms with van der Waals surface area (Å²) in [6.07, 6.45) is 1.98. The van der Waals surface area contributed by atoms with Crippen molar-refractivity contribution in [1.29, 1.82) is 0 Å². The Hall–Kier alpha value is -3.93. The topological polar surface area (TPSA) is 51.9 Å². The molecule has 1 N–H and O–H groups in total. The highest BCUT2D eigenvalue weighted by Gasteiger charge is 2.19. The number of hydrogen-bond donors (Lipinski definition) is 1. The molecule has 5 rings (SSSR count). The number of carbonyl (C=O) groups is 1. The molecule has 3 aromatic heterocycles. The fraction of sp³-hybridized carbons (Fsp3) is 0.120. The molecule has 0 radical (unpaired) electrons. The minimum atomic E-state index is -0.348. The lowest BCUT2D eigenvalue weighted by atomic mass is 10.2. The van der Waals surface area contributed by atoms with Crippen LogP contribution in [-0.4, -0.2) is 20.0 Å². The third kappa shape index (κ3) is 3.36. The maximum absolute atomic E-state index is 13.9. The van der Waals surface area contributed by atoms with Gasteiger partial charge in [-0.25, -0.2) is 9.37 Å². The molecule has 0 bridgehead atoms. The normalized spacial score (nSPS) is 11.4. The van der Waals surface area contributed by atoms with E-state index in [4.69, 9.17) is 0 Å². The number of hydrogen-bond acceptors (Lipinski definition) is 2. The van der Waals surface area contributed by atoms with Gasteiger partial charge in [0, 0.05) is 40.9 Å². The van der Waals surface area contributed by atoms with E-state index in [1.807, 2.05) is 68.1 Å². The van der Waals surface area contributed by atoms with Crippen molar-refractivity contribution in [3.05, 3.63) is 89.6 Å². The first-order valence-corrected chi connectivity index (χ1v) is 10.0. The Morgan fingerprint density at radius 1 is 0.935 bits per heavy atom. The van der Waals surface area contributed by atoms with Crippen LogP contribution in [0.15, 0.2) is 66.9 Å². The molecule has 0 saturated heterocycles. The van der Waals surface area contributed by atoms with E-state index in [2.05, 4.69) is 10.3 Å². The van der Waals surface area contributed by atoms with Crippen molar-refractivity contribution in [2.24, 2.45) is 7.05 Å². The molecule has 0 aliphatic carbocycles. The van der Waals surface area contributed by atoms with Crippen molar-refractivity contribution in [3.63, 3.8) is 0 Å². The molecule has 0 aliphatic heterocycles. The second-order valence-corrected chi connectivity index (χ2v) is 7.87.